The van der Waals surface area contributed by atoms with Crippen molar-refractivity contribution >= 4 is 7.82 Å². The third-order valence-corrected chi connectivity index (χ3v) is 3.88. The minimum Gasteiger partial charge on any atom is -0.381 e. The fourth-order valence-corrected chi connectivity index (χ4v) is 2.82. The molecule has 0 aromatic rings. The summed E-state index contributed by atoms with van der Waals surface area (Å²) in [6.45, 7) is 11.6. The van der Waals surface area contributed by atoms with Crippen molar-refractivity contribution in [1.82, 2.24) is 0 Å². The maximum atomic E-state index is 10.8. The van der Waals surface area contributed by atoms with Crippen LogP contribution in [0.25, 0.3) is 0 Å². The SMILES string of the molecule is CC(C)(C)CCCCOCCCCC(C)(C)OP(=O)(O)O. The van der Waals surface area contributed by atoms with Gasteiger partial charge in [0.25, 0.3) is 0 Å². The Balaban J connectivity index is 3.50. The molecule has 0 amide bonds. The first-order chi connectivity index (χ1) is 9.41. The number of phosphoric acid groups is 1. The molecule has 0 aliphatic carbocycles. The summed E-state index contributed by atoms with van der Waals surface area (Å²) in [5.41, 5.74) is -0.407. The van der Waals surface area contributed by atoms with Gasteiger partial charge >= 0.3 is 7.82 Å². The summed E-state index contributed by atoms with van der Waals surface area (Å²) < 4.78 is 21.1. The van der Waals surface area contributed by atoms with E-state index in [4.69, 9.17) is 19.0 Å². The van der Waals surface area contributed by atoms with E-state index in [1.165, 1.54) is 12.8 Å². The van der Waals surface area contributed by atoms with Gasteiger partial charge in [-0.15, -0.1) is 0 Å². The van der Waals surface area contributed by atoms with Crippen LogP contribution in [-0.2, 0) is 13.8 Å². The number of rotatable bonds is 11. The van der Waals surface area contributed by atoms with Crippen LogP contribution in [0.5, 0.6) is 0 Å². The largest absolute Gasteiger partial charge is 0.470 e. The average Bonchev–Trinajstić information content (AvgIpc) is 2.21. The summed E-state index contributed by atoms with van der Waals surface area (Å²) in [5.74, 6) is 0. The van der Waals surface area contributed by atoms with E-state index in [1.807, 2.05) is 0 Å². The van der Waals surface area contributed by atoms with Crippen LogP contribution in [0.2, 0.25) is 0 Å². The molecular formula is C15H33O5P. The molecule has 5 nitrogen and oxygen atoms in total. The van der Waals surface area contributed by atoms with Crippen LogP contribution < -0.4 is 0 Å². The second-order valence-corrected chi connectivity index (χ2v) is 8.59. The molecule has 2 N–H and O–H groups in total. The Morgan fingerprint density at radius 1 is 0.857 bits per heavy atom. The molecule has 0 fully saturated rings. The van der Waals surface area contributed by atoms with Crippen LogP contribution in [0.3, 0.4) is 0 Å². The number of phosphoric ester groups is 1. The van der Waals surface area contributed by atoms with Crippen molar-refractivity contribution in [3.63, 3.8) is 0 Å². The number of hydrogen-bond donors (Lipinski definition) is 2. The van der Waals surface area contributed by atoms with E-state index in [-0.39, 0.29) is 0 Å². The molecule has 0 aliphatic rings. The Hall–Kier alpha value is 0.0700. The Kier molecular flexibility index (Phi) is 9.29. The first-order valence-electron chi connectivity index (χ1n) is 7.75. The zero-order valence-corrected chi connectivity index (χ0v) is 15.1. The quantitative estimate of drug-likeness (QED) is 0.438. The molecule has 21 heavy (non-hydrogen) atoms. The van der Waals surface area contributed by atoms with Crippen LogP contribution >= 0.6 is 7.82 Å². The van der Waals surface area contributed by atoms with Crippen LogP contribution in [0.15, 0.2) is 0 Å². The van der Waals surface area contributed by atoms with Crippen molar-refractivity contribution in [2.45, 2.75) is 78.7 Å². The Labute approximate surface area is 129 Å². The van der Waals surface area contributed by atoms with E-state index >= 15 is 0 Å². The summed E-state index contributed by atoms with van der Waals surface area (Å²) >= 11 is 0. The number of hydrogen-bond acceptors (Lipinski definition) is 3. The van der Waals surface area contributed by atoms with E-state index in [0.717, 1.165) is 25.9 Å². The molecule has 0 aromatic carbocycles. The van der Waals surface area contributed by atoms with Crippen LogP contribution in [0.1, 0.15) is 73.1 Å². The first kappa shape index (κ1) is 21.1. The highest BCUT2D eigenvalue weighted by molar-refractivity contribution is 7.46. The normalized spacial score (nSPS) is 13.7. The van der Waals surface area contributed by atoms with Crippen LogP contribution in [0.4, 0.5) is 0 Å². The topological polar surface area (TPSA) is 76.0 Å². The average molecular weight is 324 g/mol. The fraction of sp³-hybridized carbons (Fsp3) is 1.00. The summed E-state index contributed by atoms with van der Waals surface area (Å²) in [6, 6.07) is 0. The molecule has 0 bridgehead atoms. The molecular weight excluding hydrogens is 291 g/mol. The lowest BCUT2D eigenvalue weighted by Gasteiger charge is -2.25. The third kappa shape index (κ3) is 16.3. The van der Waals surface area contributed by atoms with Crippen molar-refractivity contribution in [2.24, 2.45) is 5.41 Å². The molecule has 0 radical (unpaired) electrons. The highest BCUT2D eigenvalue weighted by Crippen LogP contribution is 2.42. The molecule has 0 spiro atoms. The molecule has 0 aromatic heterocycles. The van der Waals surface area contributed by atoms with Gasteiger partial charge in [0.2, 0.25) is 0 Å². The lowest BCUT2D eigenvalue weighted by molar-refractivity contribution is 0.0522. The van der Waals surface area contributed by atoms with Gasteiger partial charge < -0.3 is 14.5 Å². The minimum absolute atomic E-state index is 0.393. The second kappa shape index (κ2) is 9.26. The van der Waals surface area contributed by atoms with Gasteiger partial charge in [-0.1, -0.05) is 27.2 Å². The minimum atomic E-state index is -4.41. The van der Waals surface area contributed by atoms with Crippen molar-refractivity contribution in [3.05, 3.63) is 0 Å². The van der Waals surface area contributed by atoms with Crippen molar-refractivity contribution < 1.29 is 23.6 Å². The predicted molar refractivity (Wildman–Crippen MR) is 85.2 cm³/mol. The molecule has 0 heterocycles. The smallest absolute Gasteiger partial charge is 0.381 e. The summed E-state index contributed by atoms with van der Waals surface area (Å²) in [7, 11) is -4.41. The monoisotopic (exact) mass is 324 g/mol. The van der Waals surface area contributed by atoms with E-state index in [1.54, 1.807) is 13.8 Å². The summed E-state index contributed by atoms with van der Waals surface area (Å²) in [5, 5.41) is 0. The van der Waals surface area contributed by atoms with Gasteiger partial charge in [0, 0.05) is 13.2 Å². The molecule has 128 valence electrons. The van der Waals surface area contributed by atoms with Gasteiger partial charge in [0.05, 0.1) is 5.60 Å². The number of ether oxygens (including phenoxy) is 1. The summed E-state index contributed by atoms with van der Waals surface area (Å²) in [4.78, 5) is 17.6. The Bertz CT molecular complexity index is 317. The van der Waals surface area contributed by atoms with Gasteiger partial charge in [-0.05, 0) is 51.4 Å². The van der Waals surface area contributed by atoms with Crippen molar-refractivity contribution in [3.8, 4) is 0 Å². The standard InChI is InChI=1S/C15H33O5P/c1-14(2,3)10-6-8-12-19-13-9-7-11-15(4,5)20-21(16,17)18/h6-13H2,1-5H3,(H2,16,17,18). The zero-order valence-electron chi connectivity index (χ0n) is 14.2. The fourth-order valence-electron chi connectivity index (χ4n) is 2.08. The van der Waals surface area contributed by atoms with Crippen molar-refractivity contribution in [1.29, 1.82) is 0 Å². The first-order valence-corrected chi connectivity index (χ1v) is 9.28. The van der Waals surface area contributed by atoms with E-state index in [9.17, 15) is 4.57 Å². The third-order valence-electron chi connectivity index (χ3n) is 3.15. The lowest BCUT2D eigenvalue weighted by Crippen LogP contribution is -2.22. The predicted octanol–water partition coefficient (Wildman–Crippen LogP) is 4.28. The van der Waals surface area contributed by atoms with Gasteiger partial charge in [0.15, 0.2) is 0 Å². The van der Waals surface area contributed by atoms with E-state index < -0.39 is 13.4 Å². The maximum absolute atomic E-state index is 10.8. The van der Waals surface area contributed by atoms with Crippen molar-refractivity contribution in [2.75, 3.05) is 13.2 Å². The molecule has 0 saturated carbocycles. The Morgan fingerprint density at radius 3 is 1.76 bits per heavy atom. The van der Waals surface area contributed by atoms with E-state index in [0.29, 0.717) is 18.4 Å². The van der Waals surface area contributed by atoms with Gasteiger partial charge in [0.1, 0.15) is 0 Å². The molecule has 0 atom stereocenters. The molecule has 6 heteroatoms. The highest BCUT2D eigenvalue weighted by Gasteiger charge is 2.28. The Morgan fingerprint density at radius 2 is 1.33 bits per heavy atom. The molecule has 0 rings (SSSR count). The molecule has 0 saturated heterocycles. The van der Waals surface area contributed by atoms with E-state index in [2.05, 4.69) is 20.8 Å². The van der Waals surface area contributed by atoms with Gasteiger partial charge in [-0.25, -0.2) is 4.57 Å². The van der Waals surface area contributed by atoms with Gasteiger partial charge in [-0.3, -0.25) is 4.52 Å². The lowest BCUT2D eigenvalue weighted by atomic mass is 9.90. The number of unbranched alkanes of at least 4 members (excludes halogenated alkanes) is 2. The highest BCUT2D eigenvalue weighted by atomic mass is 31.2. The van der Waals surface area contributed by atoms with Crippen LogP contribution in [0, 0.1) is 5.41 Å². The van der Waals surface area contributed by atoms with Gasteiger partial charge in [-0.2, -0.15) is 0 Å². The summed E-state index contributed by atoms with van der Waals surface area (Å²) in [6.07, 6.45) is 5.80. The molecule has 0 unspecified atom stereocenters. The molecule has 0 aliphatic heterocycles. The maximum Gasteiger partial charge on any atom is 0.470 e. The van der Waals surface area contributed by atoms with Crippen LogP contribution in [-0.4, -0.2) is 28.6 Å². The second-order valence-electron chi connectivity index (χ2n) is 7.43. The zero-order chi connectivity index (χ0) is 16.6.